The van der Waals surface area contributed by atoms with Crippen LogP contribution < -0.4 is 10.1 Å². The molecule has 0 spiro atoms. The Morgan fingerprint density at radius 1 is 0.750 bits per heavy atom. The number of carbonyl (C=O) groups is 1. The molecule has 44 heavy (non-hydrogen) atoms. The number of aromatic amines is 1. The van der Waals surface area contributed by atoms with E-state index < -0.39 is 0 Å². The van der Waals surface area contributed by atoms with E-state index in [9.17, 15) is 4.79 Å². The second kappa shape index (κ2) is 13.9. The van der Waals surface area contributed by atoms with Gasteiger partial charge in [-0.25, -0.2) is 0 Å². The van der Waals surface area contributed by atoms with Gasteiger partial charge in [-0.05, 0) is 58.4 Å². The summed E-state index contributed by atoms with van der Waals surface area (Å²) in [4.78, 5) is 17.5. The van der Waals surface area contributed by atoms with Gasteiger partial charge in [0.15, 0.2) is 0 Å². The van der Waals surface area contributed by atoms with Crippen LogP contribution in [-0.2, 0) is 24.2 Å². The summed E-state index contributed by atoms with van der Waals surface area (Å²) in [5.74, 6) is 0.637. The van der Waals surface area contributed by atoms with Gasteiger partial charge in [0.05, 0.1) is 6.04 Å². The van der Waals surface area contributed by atoms with E-state index in [0.29, 0.717) is 13.0 Å². The summed E-state index contributed by atoms with van der Waals surface area (Å²) in [6.07, 6.45) is 4.04. The van der Waals surface area contributed by atoms with E-state index in [4.69, 9.17) is 4.74 Å². The largest absolute Gasteiger partial charge is 0.489 e. The Morgan fingerprint density at radius 2 is 1.41 bits per heavy atom. The number of hydrogen-bond acceptors (Lipinski definition) is 2. The van der Waals surface area contributed by atoms with Crippen molar-refractivity contribution in [2.75, 3.05) is 0 Å². The predicted molar refractivity (Wildman–Crippen MR) is 179 cm³/mol. The molecule has 0 aliphatic rings. The van der Waals surface area contributed by atoms with Crippen LogP contribution in [0, 0.1) is 0 Å². The summed E-state index contributed by atoms with van der Waals surface area (Å²) in [5.41, 5.74) is 7.96. The number of para-hydroxylation sites is 1. The van der Waals surface area contributed by atoms with E-state index in [1.54, 1.807) is 0 Å². The zero-order valence-corrected chi connectivity index (χ0v) is 25.1. The van der Waals surface area contributed by atoms with Gasteiger partial charge in [-0.3, -0.25) is 4.79 Å². The first-order valence-corrected chi connectivity index (χ1v) is 15.4. The molecule has 2 atom stereocenters. The molecule has 0 saturated carbocycles. The summed E-state index contributed by atoms with van der Waals surface area (Å²) in [6.45, 7) is 2.66. The molecule has 2 unspecified atom stereocenters. The molecule has 6 aromatic rings. The maximum atomic E-state index is 14.0. The van der Waals surface area contributed by atoms with Crippen molar-refractivity contribution >= 4 is 16.8 Å². The minimum Gasteiger partial charge on any atom is -0.489 e. The van der Waals surface area contributed by atoms with Gasteiger partial charge in [0.2, 0.25) is 5.91 Å². The Labute approximate surface area is 259 Å². The van der Waals surface area contributed by atoms with Crippen molar-refractivity contribution < 1.29 is 9.53 Å². The van der Waals surface area contributed by atoms with Gasteiger partial charge >= 0.3 is 0 Å². The maximum absolute atomic E-state index is 14.0. The van der Waals surface area contributed by atoms with E-state index in [0.717, 1.165) is 51.7 Å². The van der Waals surface area contributed by atoms with Crippen LogP contribution in [0.3, 0.4) is 0 Å². The van der Waals surface area contributed by atoms with Crippen molar-refractivity contribution in [3.63, 3.8) is 0 Å². The molecule has 4 nitrogen and oxygen atoms in total. The summed E-state index contributed by atoms with van der Waals surface area (Å²) in [6, 6.07) is 45.2. The fourth-order valence-corrected chi connectivity index (χ4v) is 6.02. The van der Waals surface area contributed by atoms with Gasteiger partial charge in [-0.2, -0.15) is 0 Å². The molecule has 0 aliphatic heterocycles. The third-order valence-electron chi connectivity index (χ3n) is 8.31. The van der Waals surface area contributed by atoms with Gasteiger partial charge in [0, 0.05) is 29.4 Å². The number of aromatic nitrogens is 1. The monoisotopic (exact) mass is 578 g/mol. The van der Waals surface area contributed by atoms with E-state index in [-0.39, 0.29) is 17.9 Å². The number of benzene rings is 5. The van der Waals surface area contributed by atoms with Crippen LogP contribution in [0.4, 0.5) is 0 Å². The summed E-state index contributed by atoms with van der Waals surface area (Å²) >= 11 is 0. The second-order valence-electron chi connectivity index (χ2n) is 11.3. The lowest BCUT2D eigenvalue weighted by Crippen LogP contribution is -2.31. The van der Waals surface area contributed by atoms with Crippen molar-refractivity contribution in [2.24, 2.45) is 0 Å². The Bertz CT molecular complexity index is 1800. The molecule has 6 rings (SSSR count). The third kappa shape index (κ3) is 6.92. The van der Waals surface area contributed by atoms with Crippen molar-refractivity contribution in [1.29, 1.82) is 0 Å². The van der Waals surface area contributed by atoms with Gasteiger partial charge in [0.25, 0.3) is 0 Å². The quantitative estimate of drug-likeness (QED) is 0.152. The molecule has 1 heterocycles. The smallest absolute Gasteiger partial charge is 0.221 e. The lowest BCUT2D eigenvalue weighted by atomic mass is 9.87. The number of carbonyl (C=O) groups excluding carboxylic acids is 1. The fraction of sp³-hybridized carbons (Fsp3) is 0.175. The molecule has 0 radical (unpaired) electrons. The van der Waals surface area contributed by atoms with Crippen molar-refractivity contribution in [3.05, 3.63) is 173 Å². The van der Waals surface area contributed by atoms with E-state index >= 15 is 0 Å². The summed E-state index contributed by atoms with van der Waals surface area (Å²) in [5, 5.41) is 4.55. The number of aryl methyl sites for hydroxylation is 1. The number of nitrogens with one attached hydrogen (secondary N) is 2. The van der Waals surface area contributed by atoms with Crippen LogP contribution in [0.5, 0.6) is 5.75 Å². The van der Waals surface area contributed by atoms with Crippen LogP contribution in [0.15, 0.2) is 140 Å². The van der Waals surface area contributed by atoms with Crippen LogP contribution in [-0.4, -0.2) is 10.9 Å². The molecule has 1 amide bonds. The lowest BCUT2D eigenvalue weighted by molar-refractivity contribution is -0.122. The molecule has 5 aromatic carbocycles. The molecular weight excluding hydrogens is 540 g/mol. The fourth-order valence-electron chi connectivity index (χ4n) is 6.02. The van der Waals surface area contributed by atoms with E-state index in [1.165, 1.54) is 11.1 Å². The molecule has 2 N–H and O–H groups in total. The van der Waals surface area contributed by atoms with Crippen molar-refractivity contribution in [2.45, 2.75) is 44.8 Å². The zero-order chi connectivity index (χ0) is 30.1. The average molecular weight is 579 g/mol. The topological polar surface area (TPSA) is 54.1 Å². The first kappa shape index (κ1) is 29.0. The highest BCUT2D eigenvalue weighted by Gasteiger charge is 2.24. The lowest BCUT2D eigenvalue weighted by Gasteiger charge is -2.23. The van der Waals surface area contributed by atoms with E-state index in [1.807, 2.05) is 66.7 Å². The molecule has 1 aromatic heterocycles. The SMILES string of the molecule is CCc1cccc2c(C(CC(=O)NC(Cc3ccccc3)c3ccccc3)c3cccc(OCc4ccccc4)c3)c[nH]c12. The highest BCUT2D eigenvalue weighted by Crippen LogP contribution is 2.36. The summed E-state index contributed by atoms with van der Waals surface area (Å²) < 4.78 is 6.21. The van der Waals surface area contributed by atoms with Gasteiger partial charge < -0.3 is 15.0 Å². The molecule has 4 heteroatoms. The molecule has 0 bridgehead atoms. The van der Waals surface area contributed by atoms with Gasteiger partial charge in [-0.15, -0.1) is 0 Å². The number of ether oxygens (including phenoxy) is 1. The minimum atomic E-state index is -0.163. The predicted octanol–water partition coefficient (Wildman–Crippen LogP) is 8.93. The Kier molecular flexibility index (Phi) is 9.18. The standard InChI is InChI=1S/C40H38N2O2/c1-2-31-20-13-23-35-37(27-41-40(31)35)36(33-21-12-22-34(25-33)44-28-30-16-8-4-9-17-30)26-39(43)42-38(32-18-10-5-11-19-32)24-29-14-6-3-7-15-29/h3-23,25,27,36,38,41H,2,24,26,28H2,1H3,(H,42,43). The van der Waals surface area contributed by atoms with Gasteiger partial charge in [-0.1, -0.05) is 128 Å². The zero-order valence-electron chi connectivity index (χ0n) is 25.1. The van der Waals surface area contributed by atoms with Crippen LogP contribution in [0.25, 0.3) is 10.9 Å². The molecule has 0 fully saturated rings. The second-order valence-corrected chi connectivity index (χ2v) is 11.3. The Balaban J connectivity index is 1.31. The van der Waals surface area contributed by atoms with E-state index in [2.05, 4.69) is 90.2 Å². The number of hydrogen-bond donors (Lipinski definition) is 2. The Hall–Kier alpha value is -5.09. The summed E-state index contributed by atoms with van der Waals surface area (Å²) in [7, 11) is 0. The van der Waals surface area contributed by atoms with Crippen molar-refractivity contribution in [1.82, 2.24) is 10.3 Å². The number of H-pyrrole nitrogens is 1. The normalized spacial score (nSPS) is 12.5. The first-order valence-electron chi connectivity index (χ1n) is 15.4. The average Bonchev–Trinajstić information content (AvgIpc) is 3.52. The molecular formula is C40H38N2O2. The third-order valence-corrected chi connectivity index (χ3v) is 8.31. The highest BCUT2D eigenvalue weighted by atomic mass is 16.5. The number of amides is 1. The Morgan fingerprint density at radius 3 is 2.14 bits per heavy atom. The van der Waals surface area contributed by atoms with Gasteiger partial charge in [0.1, 0.15) is 12.4 Å². The van der Waals surface area contributed by atoms with Crippen LogP contribution >= 0.6 is 0 Å². The van der Waals surface area contributed by atoms with Crippen LogP contribution in [0.1, 0.15) is 58.7 Å². The minimum absolute atomic E-state index is 0.0105. The first-order chi connectivity index (χ1) is 21.7. The maximum Gasteiger partial charge on any atom is 0.221 e. The molecule has 220 valence electrons. The number of rotatable bonds is 12. The highest BCUT2D eigenvalue weighted by molar-refractivity contribution is 5.88. The molecule has 0 saturated heterocycles. The van der Waals surface area contributed by atoms with Crippen molar-refractivity contribution in [3.8, 4) is 5.75 Å². The number of fused-ring (bicyclic) bond motifs is 1. The van der Waals surface area contributed by atoms with Crippen LogP contribution in [0.2, 0.25) is 0 Å². The molecule has 0 aliphatic carbocycles.